The number of aliphatic imine (C=N–C) groups is 1. The predicted octanol–water partition coefficient (Wildman–Crippen LogP) is 5.23. The van der Waals surface area contributed by atoms with Crippen LogP contribution < -0.4 is 0 Å². The molecular weight excluding hydrogens is 242 g/mol. The van der Waals surface area contributed by atoms with Crippen molar-refractivity contribution >= 4 is 6.21 Å². The van der Waals surface area contributed by atoms with Crippen LogP contribution in [0.2, 0.25) is 0 Å². The summed E-state index contributed by atoms with van der Waals surface area (Å²) < 4.78 is 0. The summed E-state index contributed by atoms with van der Waals surface area (Å²) in [5.41, 5.74) is 8.65. The average molecular weight is 271 g/mol. The van der Waals surface area contributed by atoms with Crippen LogP contribution in [-0.4, -0.2) is 12.3 Å². The predicted molar refractivity (Wildman–Crippen MR) is 89.2 cm³/mol. The molecule has 0 N–H and O–H groups in total. The SMILES string of the molecule is CCc1c(C)c(C)c(C)c(C)c1/C=N/C1CCCCC1. The molecule has 1 aliphatic carbocycles. The van der Waals surface area contributed by atoms with Gasteiger partial charge in [0, 0.05) is 12.3 Å². The van der Waals surface area contributed by atoms with Crippen molar-refractivity contribution < 1.29 is 0 Å². The van der Waals surface area contributed by atoms with Gasteiger partial charge in [-0.15, -0.1) is 0 Å². The summed E-state index contributed by atoms with van der Waals surface area (Å²) in [5, 5.41) is 0. The molecule has 1 heteroatoms. The van der Waals surface area contributed by atoms with Gasteiger partial charge in [0.2, 0.25) is 0 Å². The maximum Gasteiger partial charge on any atom is 0.0499 e. The first-order valence-electron chi connectivity index (χ1n) is 8.18. The number of nitrogens with zero attached hydrogens (tertiary/aromatic N) is 1. The molecule has 0 spiro atoms. The van der Waals surface area contributed by atoms with E-state index in [2.05, 4.69) is 40.8 Å². The summed E-state index contributed by atoms with van der Waals surface area (Å²) in [6.07, 6.45) is 9.94. The molecule has 0 unspecified atom stereocenters. The van der Waals surface area contributed by atoms with Gasteiger partial charge in [0.05, 0.1) is 0 Å². The van der Waals surface area contributed by atoms with Crippen LogP contribution in [-0.2, 0) is 6.42 Å². The third-order valence-electron chi connectivity index (χ3n) is 5.21. The largest absolute Gasteiger partial charge is 0.289 e. The zero-order valence-electron chi connectivity index (χ0n) is 13.8. The highest BCUT2D eigenvalue weighted by Crippen LogP contribution is 2.27. The van der Waals surface area contributed by atoms with Crippen molar-refractivity contribution in [3.8, 4) is 0 Å². The molecule has 110 valence electrons. The average Bonchev–Trinajstić information content (AvgIpc) is 2.48. The molecule has 0 atom stereocenters. The van der Waals surface area contributed by atoms with Crippen LogP contribution in [0.25, 0.3) is 0 Å². The van der Waals surface area contributed by atoms with Crippen LogP contribution in [0.4, 0.5) is 0 Å². The Morgan fingerprint density at radius 2 is 1.50 bits per heavy atom. The van der Waals surface area contributed by atoms with Gasteiger partial charge in [-0.05, 0) is 80.3 Å². The van der Waals surface area contributed by atoms with Crippen LogP contribution >= 0.6 is 0 Å². The first-order valence-corrected chi connectivity index (χ1v) is 8.18. The Morgan fingerprint density at radius 3 is 2.10 bits per heavy atom. The van der Waals surface area contributed by atoms with Crippen molar-refractivity contribution in [2.24, 2.45) is 4.99 Å². The molecule has 1 fully saturated rings. The molecule has 1 aromatic rings. The third kappa shape index (κ3) is 2.97. The maximum absolute atomic E-state index is 4.91. The van der Waals surface area contributed by atoms with E-state index in [1.54, 1.807) is 0 Å². The van der Waals surface area contributed by atoms with Crippen molar-refractivity contribution in [3.05, 3.63) is 33.4 Å². The van der Waals surface area contributed by atoms with E-state index in [-0.39, 0.29) is 0 Å². The van der Waals surface area contributed by atoms with Gasteiger partial charge >= 0.3 is 0 Å². The Bertz CT molecular complexity index is 505. The van der Waals surface area contributed by atoms with Crippen LogP contribution in [0.5, 0.6) is 0 Å². The highest BCUT2D eigenvalue weighted by molar-refractivity contribution is 5.85. The van der Waals surface area contributed by atoms with Gasteiger partial charge < -0.3 is 0 Å². The quantitative estimate of drug-likeness (QED) is 0.667. The Kier molecular flexibility index (Phi) is 5.01. The minimum Gasteiger partial charge on any atom is -0.289 e. The molecular formula is C19H29N. The van der Waals surface area contributed by atoms with Crippen LogP contribution in [0.1, 0.15) is 72.4 Å². The van der Waals surface area contributed by atoms with Gasteiger partial charge in [-0.1, -0.05) is 26.2 Å². The molecule has 1 aromatic carbocycles. The zero-order valence-corrected chi connectivity index (χ0v) is 13.8. The minimum atomic E-state index is 0.565. The smallest absolute Gasteiger partial charge is 0.0499 e. The van der Waals surface area contributed by atoms with Crippen molar-refractivity contribution in [2.45, 2.75) is 79.2 Å². The Hall–Kier alpha value is -1.11. The van der Waals surface area contributed by atoms with Gasteiger partial charge in [-0.2, -0.15) is 0 Å². The van der Waals surface area contributed by atoms with Gasteiger partial charge in [-0.25, -0.2) is 0 Å². The lowest BCUT2D eigenvalue weighted by atomic mass is 9.88. The molecule has 1 aliphatic rings. The Labute approximate surface area is 124 Å². The normalized spacial score (nSPS) is 17.1. The number of benzene rings is 1. The summed E-state index contributed by atoms with van der Waals surface area (Å²) in [4.78, 5) is 4.91. The van der Waals surface area contributed by atoms with Crippen molar-refractivity contribution in [3.63, 3.8) is 0 Å². The van der Waals surface area contributed by atoms with Crippen molar-refractivity contribution in [1.29, 1.82) is 0 Å². The highest BCUT2D eigenvalue weighted by atomic mass is 14.8. The van der Waals surface area contributed by atoms with Gasteiger partial charge in [0.1, 0.15) is 0 Å². The molecule has 0 heterocycles. The monoisotopic (exact) mass is 271 g/mol. The van der Waals surface area contributed by atoms with Crippen LogP contribution in [0, 0.1) is 27.7 Å². The Balaban J connectivity index is 2.37. The molecule has 0 aromatic heterocycles. The molecule has 2 rings (SSSR count). The van der Waals surface area contributed by atoms with E-state index < -0.39 is 0 Å². The second-order valence-corrected chi connectivity index (χ2v) is 6.32. The topological polar surface area (TPSA) is 12.4 Å². The minimum absolute atomic E-state index is 0.565. The van der Waals surface area contributed by atoms with Gasteiger partial charge in [0.15, 0.2) is 0 Å². The fourth-order valence-electron chi connectivity index (χ4n) is 3.46. The van der Waals surface area contributed by atoms with E-state index in [1.165, 1.54) is 65.5 Å². The second-order valence-electron chi connectivity index (χ2n) is 6.32. The molecule has 0 saturated heterocycles. The fourth-order valence-corrected chi connectivity index (χ4v) is 3.46. The van der Waals surface area contributed by atoms with E-state index in [0.717, 1.165) is 6.42 Å². The molecule has 0 radical (unpaired) electrons. The van der Waals surface area contributed by atoms with E-state index in [9.17, 15) is 0 Å². The number of hydrogen-bond acceptors (Lipinski definition) is 1. The summed E-state index contributed by atoms with van der Waals surface area (Å²) in [6, 6.07) is 0.565. The highest BCUT2D eigenvalue weighted by Gasteiger charge is 2.14. The standard InChI is InChI=1S/C19H29N/c1-6-18-15(4)13(2)14(3)16(5)19(18)12-20-17-10-8-7-9-11-17/h12,17H,6-11H2,1-5H3/b20-12+. The first kappa shape index (κ1) is 15.3. The van der Waals surface area contributed by atoms with E-state index in [4.69, 9.17) is 4.99 Å². The summed E-state index contributed by atoms with van der Waals surface area (Å²) in [6.45, 7) is 11.3. The second kappa shape index (κ2) is 6.56. The van der Waals surface area contributed by atoms with Gasteiger partial charge in [0.25, 0.3) is 0 Å². The molecule has 0 amide bonds. The van der Waals surface area contributed by atoms with E-state index >= 15 is 0 Å². The van der Waals surface area contributed by atoms with Crippen molar-refractivity contribution in [1.82, 2.24) is 0 Å². The zero-order chi connectivity index (χ0) is 14.7. The van der Waals surface area contributed by atoms with Crippen molar-refractivity contribution in [2.75, 3.05) is 0 Å². The summed E-state index contributed by atoms with van der Waals surface area (Å²) in [7, 11) is 0. The van der Waals surface area contributed by atoms with Crippen LogP contribution in [0.3, 0.4) is 0 Å². The van der Waals surface area contributed by atoms with Crippen LogP contribution in [0.15, 0.2) is 4.99 Å². The molecule has 0 bridgehead atoms. The summed E-state index contributed by atoms with van der Waals surface area (Å²) in [5.74, 6) is 0. The van der Waals surface area contributed by atoms with E-state index in [0.29, 0.717) is 6.04 Å². The number of rotatable bonds is 3. The lowest BCUT2D eigenvalue weighted by Crippen LogP contribution is -2.11. The first-order chi connectivity index (χ1) is 9.56. The van der Waals surface area contributed by atoms with Gasteiger partial charge in [-0.3, -0.25) is 4.99 Å². The maximum atomic E-state index is 4.91. The molecule has 1 nitrogen and oxygen atoms in total. The molecule has 1 saturated carbocycles. The molecule has 20 heavy (non-hydrogen) atoms. The lowest BCUT2D eigenvalue weighted by Gasteiger charge is -2.20. The summed E-state index contributed by atoms with van der Waals surface area (Å²) >= 11 is 0. The fraction of sp³-hybridized carbons (Fsp3) is 0.632. The number of hydrogen-bond donors (Lipinski definition) is 0. The van der Waals surface area contributed by atoms with E-state index in [1.807, 2.05) is 0 Å². The lowest BCUT2D eigenvalue weighted by molar-refractivity contribution is 0.444. The third-order valence-corrected chi connectivity index (χ3v) is 5.21. The molecule has 0 aliphatic heterocycles. The Morgan fingerprint density at radius 1 is 0.900 bits per heavy atom.